The van der Waals surface area contributed by atoms with Gasteiger partial charge in [0.05, 0.1) is 23.9 Å². The van der Waals surface area contributed by atoms with E-state index in [-0.39, 0.29) is 18.2 Å². The van der Waals surface area contributed by atoms with E-state index in [0.29, 0.717) is 6.42 Å². The molecule has 0 spiro atoms. The molecule has 1 saturated heterocycles. The van der Waals surface area contributed by atoms with E-state index in [9.17, 15) is 14.3 Å². The SMILES string of the molecule is CC[C@H](C)c1nc(-c2ccccc2)cc(-c2ccc(F)cc2)c1/C=C/[C@@H]1C[C@@H](O)CC(=O)O1. The van der Waals surface area contributed by atoms with Crippen molar-refractivity contribution in [3.63, 3.8) is 0 Å². The Bertz CT molecular complexity index is 1140. The monoisotopic (exact) mass is 445 g/mol. The maximum absolute atomic E-state index is 13.7. The number of pyridine rings is 1. The highest BCUT2D eigenvalue weighted by Gasteiger charge is 2.26. The molecule has 0 amide bonds. The van der Waals surface area contributed by atoms with Crippen LogP contribution in [0.2, 0.25) is 0 Å². The first-order valence-corrected chi connectivity index (χ1v) is 11.4. The first-order valence-electron chi connectivity index (χ1n) is 11.4. The van der Waals surface area contributed by atoms with Gasteiger partial charge in [-0.15, -0.1) is 0 Å². The van der Waals surface area contributed by atoms with E-state index in [4.69, 9.17) is 9.72 Å². The van der Waals surface area contributed by atoms with Crippen LogP contribution in [-0.4, -0.2) is 28.3 Å². The number of rotatable bonds is 6. The standard InChI is InChI=1S/C28H28FNO3/c1-3-18(2)28-24(14-13-23-15-22(31)16-27(32)33-23)25(19-9-11-21(29)12-10-19)17-26(30-28)20-7-5-4-6-8-20/h4-14,17-18,22-23,31H,3,15-16H2,1-2H3/b14-13+/t18-,22+,23+/m0/s1. The van der Waals surface area contributed by atoms with E-state index in [1.54, 1.807) is 12.1 Å². The van der Waals surface area contributed by atoms with Crippen LogP contribution < -0.4 is 0 Å². The summed E-state index contributed by atoms with van der Waals surface area (Å²) < 4.78 is 19.1. The maximum Gasteiger partial charge on any atom is 0.309 e. The zero-order valence-corrected chi connectivity index (χ0v) is 18.9. The van der Waals surface area contributed by atoms with E-state index >= 15 is 0 Å². The number of cyclic esters (lactones) is 1. The molecule has 1 aliphatic rings. The van der Waals surface area contributed by atoms with Gasteiger partial charge in [-0.1, -0.05) is 62.4 Å². The minimum Gasteiger partial charge on any atom is -0.458 e. The highest BCUT2D eigenvalue weighted by Crippen LogP contribution is 2.35. The lowest BCUT2D eigenvalue weighted by Crippen LogP contribution is -2.31. The van der Waals surface area contributed by atoms with E-state index in [1.807, 2.05) is 48.6 Å². The van der Waals surface area contributed by atoms with Gasteiger partial charge < -0.3 is 9.84 Å². The highest BCUT2D eigenvalue weighted by molar-refractivity contribution is 5.81. The van der Waals surface area contributed by atoms with Crippen molar-refractivity contribution in [1.29, 1.82) is 0 Å². The molecule has 33 heavy (non-hydrogen) atoms. The molecule has 5 heteroatoms. The van der Waals surface area contributed by atoms with E-state index in [1.165, 1.54) is 12.1 Å². The number of hydrogen-bond acceptors (Lipinski definition) is 4. The van der Waals surface area contributed by atoms with Gasteiger partial charge in [0.15, 0.2) is 0 Å². The van der Waals surface area contributed by atoms with Gasteiger partial charge in [-0.2, -0.15) is 0 Å². The third-order valence-electron chi connectivity index (χ3n) is 6.06. The molecule has 1 aromatic heterocycles. The molecule has 2 aromatic carbocycles. The summed E-state index contributed by atoms with van der Waals surface area (Å²) in [6.45, 7) is 4.25. The zero-order chi connectivity index (χ0) is 23.4. The summed E-state index contributed by atoms with van der Waals surface area (Å²) in [7, 11) is 0. The van der Waals surface area contributed by atoms with Crippen LogP contribution in [0.15, 0.2) is 66.7 Å². The van der Waals surface area contributed by atoms with Gasteiger partial charge in [0.1, 0.15) is 11.9 Å². The molecule has 0 bridgehead atoms. The molecular weight excluding hydrogens is 417 g/mol. The quantitative estimate of drug-likeness (QED) is 0.463. The van der Waals surface area contributed by atoms with Crippen molar-refractivity contribution in [3.05, 3.63) is 83.8 Å². The predicted octanol–water partition coefficient (Wildman–Crippen LogP) is 6.15. The van der Waals surface area contributed by atoms with Crippen LogP contribution in [0, 0.1) is 5.82 Å². The van der Waals surface area contributed by atoms with Crippen molar-refractivity contribution in [2.45, 2.75) is 51.2 Å². The van der Waals surface area contributed by atoms with Crippen molar-refractivity contribution in [2.75, 3.05) is 0 Å². The van der Waals surface area contributed by atoms with Gasteiger partial charge in [0, 0.05) is 17.5 Å². The second-order valence-electron chi connectivity index (χ2n) is 8.52. The fourth-order valence-electron chi connectivity index (χ4n) is 4.07. The third kappa shape index (κ3) is 5.37. The van der Waals surface area contributed by atoms with Gasteiger partial charge in [0.2, 0.25) is 0 Å². The molecule has 0 saturated carbocycles. The fraction of sp³-hybridized carbons (Fsp3) is 0.286. The Hall–Kier alpha value is -3.31. The molecule has 0 radical (unpaired) electrons. The second-order valence-corrected chi connectivity index (χ2v) is 8.52. The molecule has 0 unspecified atom stereocenters. The molecular formula is C28H28FNO3. The van der Waals surface area contributed by atoms with Gasteiger partial charge in [-0.25, -0.2) is 4.39 Å². The number of esters is 1. The first kappa shape index (κ1) is 22.9. The molecule has 1 N–H and O–H groups in total. The van der Waals surface area contributed by atoms with Crippen molar-refractivity contribution < 1.29 is 19.0 Å². The predicted molar refractivity (Wildman–Crippen MR) is 128 cm³/mol. The fourth-order valence-corrected chi connectivity index (χ4v) is 4.07. The molecule has 4 rings (SSSR count). The number of hydrogen-bond donors (Lipinski definition) is 1. The average Bonchev–Trinajstić information content (AvgIpc) is 2.82. The van der Waals surface area contributed by atoms with Gasteiger partial charge in [-0.3, -0.25) is 9.78 Å². The van der Waals surface area contributed by atoms with Gasteiger partial charge >= 0.3 is 5.97 Å². The molecule has 2 heterocycles. The zero-order valence-electron chi connectivity index (χ0n) is 18.9. The summed E-state index contributed by atoms with van der Waals surface area (Å²) in [6.07, 6.45) is 3.83. The Kier molecular flexibility index (Phi) is 6.99. The number of ether oxygens (including phenoxy) is 1. The van der Waals surface area contributed by atoms with E-state index in [2.05, 4.69) is 13.8 Å². The van der Waals surface area contributed by atoms with Crippen molar-refractivity contribution >= 4 is 12.0 Å². The molecule has 1 aliphatic heterocycles. The van der Waals surface area contributed by atoms with Crippen LogP contribution in [0.4, 0.5) is 4.39 Å². The topological polar surface area (TPSA) is 59.4 Å². The summed E-state index contributed by atoms with van der Waals surface area (Å²) in [4.78, 5) is 16.8. The Morgan fingerprint density at radius 2 is 1.88 bits per heavy atom. The summed E-state index contributed by atoms with van der Waals surface area (Å²) in [5, 5.41) is 9.97. The normalized spacial score (nSPS) is 19.5. The number of nitrogens with zero attached hydrogens (tertiary/aromatic N) is 1. The smallest absolute Gasteiger partial charge is 0.309 e. The van der Waals surface area contributed by atoms with Crippen LogP contribution in [0.1, 0.15) is 50.3 Å². The molecule has 3 atom stereocenters. The number of carbonyl (C=O) groups excluding carboxylic acids is 1. The second kappa shape index (κ2) is 10.1. The number of aromatic nitrogens is 1. The summed E-state index contributed by atoms with van der Waals surface area (Å²) in [5.74, 6) is -0.521. The number of aliphatic hydroxyl groups excluding tert-OH is 1. The van der Waals surface area contributed by atoms with E-state index < -0.39 is 18.2 Å². The Labute approximate surface area is 193 Å². The lowest BCUT2D eigenvalue weighted by atomic mass is 9.90. The highest BCUT2D eigenvalue weighted by atomic mass is 19.1. The number of carbonyl (C=O) groups is 1. The molecule has 4 nitrogen and oxygen atoms in total. The largest absolute Gasteiger partial charge is 0.458 e. The molecule has 0 aliphatic carbocycles. The van der Waals surface area contributed by atoms with Crippen LogP contribution in [0.25, 0.3) is 28.5 Å². The molecule has 1 fully saturated rings. The summed E-state index contributed by atoms with van der Waals surface area (Å²) >= 11 is 0. The minimum atomic E-state index is -0.704. The third-order valence-corrected chi connectivity index (χ3v) is 6.06. The Morgan fingerprint density at radius 3 is 2.55 bits per heavy atom. The van der Waals surface area contributed by atoms with Crippen LogP contribution >= 0.6 is 0 Å². The summed E-state index contributed by atoms with van der Waals surface area (Å²) in [6, 6.07) is 18.4. The number of halogens is 1. The summed E-state index contributed by atoms with van der Waals surface area (Å²) in [5.41, 5.74) is 5.50. The van der Waals surface area contributed by atoms with Crippen molar-refractivity contribution in [3.8, 4) is 22.4 Å². The first-order chi connectivity index (χ1) is 15.9. The maximum atomic E-state index is 13.7. The number of benzene rings is 2. The Morgan fingerprint density at radius 1 is 1.15 bits per heavy atom. The van der Waals surface area contributed by atoms with Crippen molar-refractivity contribution in [1.82, 2.24) is 4.98 Å². The van der Waals surface area contributed by atoms with Gasteiger partial charge in [-0.05, 0) is 47.7 Å². The van der Waals surface area contributed by atoms with Crippen LogP contribution in [0.5, 0.6) is 0 Å². The Balaban J connectivity index is 1.87. The van der Waals surface area contributed by atoms with E-state index in [0.717, 1.165) is 40.1 Å². The van der Waals surface area contributed by atoms with Gasteiger partial charge in [0.25, 0.3) is 0 Å². The molecule has 170 valence electrons. The lowest BCUT2D eigenvalue weighted by molar-refractivity contribution is -0.156. The lowest BCUT2D eigenvalue weighted by Gasteiger charge is -2.24. The van der Waals surface area contributed by atoms with Crippen LogP contribution in [0.3, 0.4) is 0 Å². The average molecular weight is 446 g/mol. The number of aliphatic hydroxyl groups is 1. The van der Waals surface area contributed by atoms with Crippen LogP contribution in [-0.2, 0) is 9.53 Å². The molecule has 3 aromatic rings. The minimum absolute atomic E-state index is 0.0244. The van der Waals surface area contributed by atoms with Crippen molar-refractivity contribution in [2.24, 2.45) is 0 Å².